The van der Waals surface area contributed by atoms with Gasteiger partial charge in [0.15, 0.2) is 0 Å². The Balaban J connectivity index is 3.82. The fourth-order valence-electron chi connectivity index (χ4n) is 0.451. The molecule has 0 aliphatic carbocycles. The number of aliphatic hydroxyl groups excluding tert-OH is 1. The minimum atomic E-state index is -0.366. The molecule has 0 saturated heterocycles. The molecule has 0 aromatic heterocycles. The lowest BCUT2D eigenvalue weighted by atomic mass is 10.3. The van der Waals surface area contributed by atoms with Gasteiger partial charge in [0.05, 0.1) is 11.8 Å². The Hall–Kier alpha value is -0.830. The number of hydrogen-bond donors (Lipinski definition) is 2. The fraction of sp³-hybridized carbons (Fsp3) is 0.500. The van der Waals surface area contributed by atoms with Crippen molar-refractivity contribution in [2.75, 3.05) is 7.05 Å². The highest BCUT2D eigenvalue weighted by atomic mass is 16.3. The first-order valence-corrected chi connectivity index (χ1v) is 2.70. The maximum atomic E-state index is 10.1. The van der Waals surface area contributed by atoms with Gasteiger partial charge in [0, 0.05) is 0 Å². The number of carbonyl (C=O) groups is 1. The third kappa shape index (κ3) is 3.73. The molecular formula is C6H11NO2. The number of nitrogens with one attached hydrogen (secondary N) is 1. The summed E-state index contributed by atoms with van der Waals surface area (Å²) in [6.07, 6.45) is 2.16. The molecule has 0 spiro atoms. The monoisotopic (exact) mass is 129 g/mol. The van der Waals surface area contributed by atoms with Gasteiger partial charge < -0.3 is 15.2 Å². The van der Waals surface area contributed by atoms with E-state index in [-0.39, 0.29) is 11.8 Å². The van der Waals surface area contributed by atoms with Crippen LogP contribution >= 0.6 is 0 Å². The van der Waals surface area contributed by atoms with Crippen LogP contribution in [0.25, 0.3) is 0 Å². The molecule has 3 heteroatoms. The molecule has 1 atom stereocenters. The van der Waals surface area contributed by atoms with Gasteiger partial charge in [-0.15, -0.1) is 0 Å². The zero-order chi connectivity index (χ0) is 7.28. The van der Waals surface area contributed by atoms with Crippen LogP contribution in [-0.2, 0) is 4.79 Å². The molecule has 0 fully saturated rings. The van der Waals surface area contributed by atoms with Crippen LogP contribution in [0.1, 0.15) is 6.92 Å². The highest BCUT2D eigenvalue weighted by Crippen LogP contribution is 1.86. The van der Waals surface area contributed by atoms with Gasteiger partial charge in [0.25, 0.3) is 0 Å². The molecule has 0 saturated carbocycles. The second-order valence-electron chi connectivity index (χ2n) is 1.76. The lowest BCUT2D eigenvalue weighted by Crippen LogP contribution is -2.24. The Morgan fingerprint density at radius 3 is 2.44 bits per heavy atom. The number of rotatable bonds is 3. The van der Waals surface area contributed by atoms with Gasteiger partial charge in [-0.2, -0.15) is 0 Å². The molecule has 0 rings (SSSR count). The zero-order valence-electron chi connectivity index (χ0n) is 5.59. The average molecular weight is 129 g/mol. The van der Waals surface area contributed by atoms with Crippen LogP contribution in [0, 0.1) is 0 Å². The molecule has 0 aliphatic heterocycles. The van der Waals surface area contributed by atoms with Crippen molar-refractivity contribution in [1.82, 2.24) is 5.32 Å². The predicted molar refractivity (Wildman–Crippen MR) is 35.3 cm³/mol. The summed E-state index contributed by atoms with van der Waals surface area (Å²) in [6.45, 7) is 1.52. The number of likely N-dealkylation sites (N-methyl/N-ethyl adjacent to an activating group) is 1. The van der Waals surface area contributed by atoms with Crippen molar-refractivity contribution >= 4 is 6.29 Å². The van der Waals surface area contributed by atoms with Crippen LogP contribution in [-0.4, -0.2) is 24.5 Å². The summed E-state index contributed by atoms with van der Waals surface area (Å²) in [5.41, 5.74) is 0. The van der Waals surface area contributed by atoms with E-state index in [0.29, 0.717) is 0 Å². The number of allylic oxidation sites excluding steroid dienone is 1. The lowest BCUT2D eigenvalue weighted by Gasteiger charge is -2.00. The van der Waals surface area contributed by atoms with E-state index in [0.717, 1.165) is 6.29 Å². The Morgan fingerprint density at radius 1 is 1.78 bits per heavy atom. The molecule has 0 bridgehead atoms. The first-order chi connectivity index (χ1) is 4.20. The van der Waals surface area contributed by atoms with E-state index in [1.165, 1.54) is 13.0 Å². The maximum absolute atomic E-state index is 10.1. The second kappa shape index (κ2) is 4.09. The van der Waals surface area contributed by atoms with Gasteiger partial charge in [0.2, 0.25) is 0 Å². The molecule has 0 aliphatic rings. The summed E-state index contributed by atoms with van der Waals surface area (Å²) < 4.78 is 0. The SMILES string of the molecule is CN[C@H](C=O)/C=C(\C)O. The van der Waals surface area contributed by atoms with Crippen molar-refractivity contribution < 1.29 is 9.90 Å². The first-order valence-electron chi connectivity index (χ1n) is 2.70. The average Bonchev–Trinajstić information content (AvgIpc) is 1.82. The summed E-state index contributed by atoms with van der Waals surface area (Å²) >= 11 is 0. The minimum absolute atomic E-state index is 0.154. The van der Waals surface area contributed by atoms with E-state index in [9.17, 15) is 4.79 Å². The van der Waals surface area contributed by atoms with Gasteiger partial charge in [-0.3, -0.25) is 0 Å². The smallest absolute Gasteiger partial charge is 0.140 e. The molecule has 0 aromatic rings. The first kappa shape index (κ1) is 8.17. The third-order valence-electron chi connectivity index (χ3n) is 0.901. The van der Waals surface area contributed by atoms with E-state index < -0.39 is 0 Å². The van der Waals surface area contributed by atoms with Crippen LogP contribution in [0.15, 0.2) is 11.8 Å². The molecule has 0 unspecified atom stereocenters. The van der Waals surface area contributed by atoms with E-state index in [2.05, 4.69) is 5.32 Å². The van der Waals surface area contributed by atoms with Gasteiger partial charge in [-0.05, 0) is 20.0 Å². The van der Waals surface area contributed by atoms with Crippen molar-refractivity contribution in [1.29, 1.82) is 0 Å². The number of aldehydes is 1. The summed E-state index contributed by atoms with van der Waals surface area (Å²) in [6, 6.07) is -0.366. The predicted octanol–water partition coefficient (Wildman–Crippen LogP) is 0.235. The number of carbonyl (C=O) groups excluding carboxylic acids is 1. The van der Waals surface area contributed by atoms with Crippen LogP contribution in [0.5, 0.6) is 0 Å². The molecule has 3 nitrogen and oxygen atoms in total. The van der Waals surface area contributed by atoms with Crippen LogP contribution < -0.4 is 5.32 Å². The van der Waals surface area contributed by atoms with Crippen LogP contribution in [0.3, 0.4) is 0 Å². The van der Waals surface area contributed by atoms with E-state index >= 15 is 0 Å². The molecule has 0 heterocycles. The Morgan fingerprint density at radius 2 is 2.33 bits per heavy atom. The Labute approximate surface area is 54.4 Å². The van der Waals surface area contributed by atoms with E-state index in [4.69, 9.17) is 5.11 Å². The van der Waals surface area contributed by atoms with Crippen molar-refractivity contribution in [3.8, 4) is 0 Å². The second-order valence-corrected chi connectivity index (χ2v) is 1.76. The highest BCUT2D eigenvalue weighted by Gasteiger charge is 1.96. The standard InChI is InChI=1S/C6H11NO2/c1-5(9)3-6(4-8)7-2/h3-4,6-7,9H,1-2H3/b5-3+/t6-/m0/s1. The van der Waals surface area contributed by atoms with Gasteiger partial charge in [0.1, 0.15) is 6.29 Å². The van der Waals surface area contributed by atoms with E-state index in [1.807, 2.05) is 0 Å². The highest BCUT2D eigenvalue weighted by molar-refractivity contribution is 5.60. The normalized spacial score (nSPS) is 15.1. The number of aliphatic hydroxyl groups is 1. The molecule has 9 heavy (non-hydrogen) atoms. The van der Waals surface area contributed by atoms with E-state index in [1.54, 1.807) is 7.05 Å². The zero-order valence-corrected chi connectivity index (χ0v) is 5.59. The minimum Gasteiger partial charge on any atom is -0.513 e. The lowest BCUT2D eigenvalue weighted by molar-refractivity contribution is -0.108. The Bertz CT molecular complexity index is 116. The number of hydrogen-bond acceptors (Lipinski definition) is 3. The summed E-state index contributed by atoms with van der Waals surface area (Å²) in [4.78, 5) is 10.1. The summed E-state index contributed by atoms with van der Waals surface area (Å²) in [5.74, 6) is 0.154. The van der Waals surface area contributed by atoms with Crippen molar-refractivity contribution in [2.45, 2.75) is 13.0 Å². The third-order valence-corrected chi connectivity index (χ3v) is 0.901. The van der Waals surface area contributed by atoms with Gasteiger partial charge in [-0.25, -0.2) is 0 Å². The van der Waals surface area contributed by atoms with Gasteiger partial charge >= 0.3 is 0 Å². The van der Waals surface area contributed by atoms with Crippen LogP contribution in [0.4, 0.5) is 0 Å². The Kier molecular flexibility index (Phi) is 3.71. The summed E-state index contributed by atoms with van der Waals surface area (Å²) in [5, 5.41) is 11.3. The molecular weight excluding hydrogens is 118 g/mol. The van der Waals surface area contributed by atoms with Crippen LogP contribution in [0.2, 0.25) is 0 Å². The largest absolute Gasteiger partial charge is 0.513 e. The van der Waals surface area contributed by atoms with Crippen molar-refractivity contribution in [3.05, 3.63) is 11.8 Å². The summed E-state index contributed by atoms with van der Waals surface area (Å²) in [7, 11) is 1.65. The topological polar surface area (TPSA) is 49.3 Å². The quantitative estimate of drug-likeness (QED) is 0.424. The van der Waals surface area contributed by atoms with Gasteiger partial charge in [-0.1, -0.05) is 0 Å². The van der Waals surface area contributed by atoms with Crippen molar-refractivity contribution in [3.63, 3.8) is 0 Å². The molecule has 52 valence electrons. The molecule has 2 N–H and O–H groups in total. The molecule has 0 amide bonds. The maximum Gasteiger partial charge on any atom is 0.140 e. The van der Waals surface area contributed by atoms with Crippen molar-refractivity contribution in [2.24, 2.45) is 0 Å². The molecule has 0 radical (unpaired) electrons. The molecule has 0 aromatic carbocycles. The fourth-order valence-corrected chi connectivity index (χ4v) is 0.451.